The number of halogens is 6. The van der Waals surface area contributed by atoms with E-state index in [-0.39, 0.29) is 73.7 Å². The molecule has 9 nitrogen and oxygen atoms in total. The summed E-state index contributed by atoms with van der Waals surface area (Å²) >= 11 is 9.62. The molecule has 65 heavy (non-hydrogen) atoms. The molecule has 348 valence electrons. The van der Waals surface area contributed by atoms with Gasteiger partial charge in [0.25, 0.3) is 0 Å². The average Bonchev–Trinajstić information content (AvgIpc) is 3.56. The van der Waals surface area contributed by atoms with Gasteiger partial charge < -0.3 is 19.1 Å². The molecule has 4 aromatic rings. The van der Waals surface area contributed by atoms with E-state index in [4.69, 9.17) is 25.8 Å². The summed E-state index contributed by atoms with van der Waals surface area (Å²) in [5.74, 6) is -1.82. The highest BCUT2D eigenvalue weighted by molar-refractivity contribution is 9.10. The molecule has 3 aliphatic rings. The molecule has 1 fully saturated rings. The van der Waals surface area contributed by atoms with E-state index < -0.39 is 34.8 Å². The number of nitrogens with zero attached hydrogens (tertiary/aromatic N) is 3. The van der Waals surface area contributed by atoms with Gasteiger partial charge in [0.2, 0.25) is 5.91 Å². The Labute approximate surface area is 391 Å². The molecule has 2 amide bonds. The Bertz CT molecular complexity index is 2390. The summed E-state index contributed by atoms with van der Waals surface area (Å²) in [6.45, 7) is 5.13. The molecular formula is C50H55BrClF4N3O6. The molecule has 15 heteroatoms. The highest BCUT2D eigenvalue weighted by Gasteiger charge is 2.60. The van der Waals surface area contributed by atoms with Crippen LogP contribution in [0.15, 0.2) is 77.4 Å². The number of anilines is 1. The van der Waals surface area contributed by atoms with Gasteiger partial charge in [0, 0.05) is 58.2 Å². The maximum absolute atomic E-state index is 14.5. The number of alkyl halides is 3. The van der Waals surface area contributed by atoms with Crippen LogP contribution in [0.5, 0.6) is 11.5 Å². The quantitative estimate of drug-likeness (QED) is 0.0665. The molecule has 1 saturated carbocycles. The normalized spacial score (nSPS) is 21.8. The van der Waals surface area contributed by atoms with Gasteiger partial charge in [-0.2, -0.15) is 13.2 Å². The number of fused-ring (bicyclic) bond motifs is 3. The SMILES string of the molecule is COC(=O)C1(N(C(=O)C(F)(F)F)c2cccc(Cl)c2)CCC2(CC1)c1cc(OCCCC(=O)N(C)Cc3cc(Br)ccc3F)ccc1C[C@@H]2C[C@@H](C)COc1ccnc2c1[C@H](C)CCC2. The zero-order chi connectivity index (χ0) is 46.7. The fourth-order valence-corrected chi connectivity index (χ4v) is 11.1. The van der Waals surface area contributed by atoms with Gasteiger partial charge in [0.1, 0.15) is 22.9 Å². The number of carbonyl (C=O) groups is 3. The lowest BCUT2D eigenvalue weighted by Crippen LogP contribution is -2.63. The van der Waals surface area contributed by atoms with Crippen molar-refractivity contribution in [3.05, 3.63) is 116 Å². The van der Waals surface area contributed by atoms with E-state index in [1.165, 1.54) is 40.8 Å². The summed E-state index contributed by atoms with van der Waals surface area (Å²) in [5.41, 5.74) is 1.98. The maximum atomic E-state index is 14.5. The van der Waals surface area contributed by atoms with Crippen molar-refractivity contribution in [1.29, 1.82) is 0 Å². The molecule has 0 saturated heterocycles. The second kappa shape index (κ2) is 20.0. The number of aromatic nitrogens is 1. The Hall–Kier alpha value is -4.69. The third kappa shape index (κ3) is 10.3. The van der Waals surface area contributed by atoms with E-state index in [9.17, 15) is 31.9 Å². The molecule has 3 aromatic carbocycles. The van der Waals surface area contributed by atoms with Crippen LogP contribution in [0.4, 0.5) is 23.2 Å². The average molecular weight is 985 g/mol. The van der Waals surface area contributed by atoms with Crippen LogP contribution in [0.1, 0.15) is 106 Å². The minimum absolute atomic E-state index is 0.00782. The number of pyridine rings is 1. The zero-order valence-corrected chi connectivity index (χ0v) is 39.5. The van der Waals surface area contributed by atoms with Crippen LogP contribution in [0.25, 0.3) is 0 Å². The number of amides is 2. The first-order valence-electron chi connectivity index (χ1n) is 22.3. The van der Waals surface area contributed by atoms with Gasteiger partial charge in [-0.1, -0.05) is 53.5 Å². The first kappa shape index (κ1) is 48.2. The van der Waals surface area contributed by atoms with Crippen molar-refractivity contribution in [2.24, 2.45) is 11.8 Å². The highest BCUT2D eigenvalue weighted by atomic mass is 79.9. The molecule has 1 heterocycles. The predicted molar refractivity (Wildman–Crippen MR) is 244 cm³/mol. The van der Waals surface area contributed by atoms with E-state index >= 15 is 0 Å². The maximum Gasteiger partial charge on any atom is 0.471 e. The van der Waals surface area contributed by atoms with Gasteiger partial charge in [-0.05, 0) is 153 Å². The Morgan fingerprint density at radius 2 is 1.78 bits per heavy atom. The largest absolute Gasteiger partial charge is 0.494 e. The molecule has 0 aliphatic heterocycles. The minimum Gasteiger partial charge on any atom is -0.494 e. The van der Waals surface area contributed by atoms with Crippen LogP contribution < -0.4 is 14.4 Å². The number of aryl methyl sites for hydroxylation is 1. The van der Waals surface area contributed by atoms with Crippen molar-refractivity contribution < 1.29 is 46.2 Å². The standard InChI is InChI=1S/C50H55BrClF4N3O6/c1-31(30-65-43-17-22-57-42-11-5-8-32(2)45(42)43)24-35-25-33-13-15-39(64-23-7-12-44(60)58(3)29-34-26-36(51)14-16-41(34)53)28-40(33)48(35)18-20-49(21-19-48,47(62)63-4)59(46(61)50(54,55)56)38-10-6-9-37(52)27-38/h6,9-10,13-17,22,26-28,31-32,35H,5,7-8,11-12,18-21,23-25,29-30H2,1-4H3/t31-,32-,35+,48?,49?/m1/s1. The minimum atomic E-state index is -5.30. The lowest BCUT2D eigenvalue weighted by molar-refractivity contribution is -0.174. The van der Waals surface area contributed by atoms with Gasteiger partial charge in [-0.25, -0.2) is 9.18 Å². The van der Waals surface area contributed by atoms with Gasteiger partial charge in [-0.15, -0.1) is 0 Å². The molecule has 1 spiro atoms. The zero-order valence-electron chi connectivity index (χ0n) is 37.1. The van der Waals surface area contributed by atoms with E-state index in [0.717, 1.165) is 59.8 Å². The second-order valence-corrected chi connectivity index (χ2v) is 19.4. The molecule has 0 radical (unpaired) electrons. The first-order valence-corrected chi connectivity index (χ1v) is 23.4. The van der Waals surface area contributed by atoms with Crippen LogP contribution in [0, 0.1) is 17.7 Å². The van der Waals surface area contributed by atoms with E-state index in [0.29, 0.717) is 41.6 Å². The van der Waals surface area contributed by atoms with Gasteiger partial charge >= 0.3 is 18.1 Å². The lowest BCUT2D eigenvalue weighted by atomic mass is 9.59. The molecule has 7 rings (SSSR count). The van der Waals surface area contributed by atoms with E-state index in [2.05, 4.69) is 34.8 Å². The topological polar surface area (TPSA) is 98.3 Å². The predicted octanol–water partition coefficient (Wildman–Crippen LogP) is 11.5. The monoisotopic (exact) mass is 983 g/mol. The van der Waals surface area contributed by atoms with E-state index in [1.54, 1.807) is 25.4 Å². The summed E-state index contributed by atoms with van der Waals surface area (Å²) in [7, 11) is 2.75. The summed E-state index contributed by atoms with van der Waals surface area (Å²) in [4.78, 5) is 47.1. The molecule has 1 aromatic heterocycles. The molecule has 0 bridgehead atoms. The van der Waals surface area contributed by atoms with Crippen molar-refractivity contribution in [3.63, 3.8) is 0 Å². The number of rotatable bonds is 15. The van der Waals surface area contributed by atoms with Crippen LogP contribution in [-0.2, 0) is 43.9 Å². The van der Waals surface area contributed by atoms with Crippen LogP contribution in [0.3, 0.4) is 0 Å². The second-order valence-electron chi connectivity index (χ2n) is 18.1. The third-order valence-electron chi connectivity index (χ3n) is 13.8. The van der Waals surface area contributed by atoms with Crippen molar-refractivity contribution in [2.75, 3.05) is 32.3 Å². The van der Waals surface area contributed by atoms with Gasteiger partial charge in [0.15, 0.2) is 0 Å². The highest BCUT2D eigenvalue weighted by Crippen LogP contribution is 2.58. The van der Waals surface area contributed by atoms with Crippen molar-refractivity contribution >= 4 is 51.0 Å². The summed E-state index contributed by atoms with van der Waals surface area (Å²) in [5, 5.41) is 0.109. The van der Waals surface area contributed by atoms with Crippen LogP contribution in [-0.4, -0.2) is 66.8 Å². The fourth-order valence-electron chi connectivity index (χ4n) is 10.5. The van der Waals surface area contributed by atoms with Crippen molar-refractivity contribution in [2.45, 2.75) is 114 Å². The number of methoxy groups -OCH3 is 1. The van der Waals surface area contributed by atoms with Crippen LogP contribution >= 0.6 is 27.5 Å². The molecule has 3 aliphatic carbocycles. The van der Waals surface area contributed by atoms with Crippen LogP contribution in [0.2, 0.25) is 5.02 Å². The molecule has 0 N–H and O–H groups in total. The third-order valence-corrected chi connectivity index (χ3v) is 14.5. The Morgan fingerprint density at radius 1 is 1.02 bits per heavy atom. The van der Waals surface area contributed by atoms with E-state index in [1.807, 2.05) is 24.3 Å². The van der Waals surface area contributed by atoms with Crippen molar-refractivity contribution in [1.82, 2.24) is 9.88 Å². The fraction of sp³-hybridized carbons (Fsp3) is 0.480. The first-order chi connectivity index (χ1) is 31.0. The Kier molecular flexibility index (Phi) is 14.9. The lowest BCUT2D eigenvalue weighted by Gasteiger charge is -2.51. The summed E-state index contributed by atoms with van der Waals surface area (Å²) < 4.78 is 76.7. The number of ether oxygens (including phenoxy) is 3. The number of esters is 1. The summed E-state index contributed by atoms with van der Waals surface area (Å²) in [6.07, 6.45) is 1.89. The molecule has 0 unspecified atom stereocenters. The number of benzene rings is 3. The summed E-state index contributed by atoms with van der Waals surface area (Å²) in [6, 6.07) is 18.0. The Balaban J connectivity index is 1.13. The van der Waals surface area contributed by atoms with Crippen molar-refractivity contribution in [3.8, 4) is 11.5 Å². The number of hydrogen-bond acceptors (Lipinski definition) is 7. The Morgan fingerprint density at radius 3 is 2.51 bits per heavy atom. The molecule has 3 atom stereocenters. The van der Waals surface area contributed by atoms with Gasteiger partial charge in [0.05, 0.1) is 20.3 Å². The van der Waals surface area contributed by atoms with Gasteiger partial charge in [-0.3, -0.25) is 19.5 Å². The smallest absolute Gasteiger partial charge is 0.471 e. The number of hydrogen-bond donors (Lipinski definition) is 0. The molecular weight excluding hydrogens is 930 g/mol. The number of carbonyl (C=O) groups excluding carboxylic acids is 3.